The predicted octanol–water partition coefficient (Wildman–Crippen LogP) is 3.83. The minimum atomic E-state index is 0.196. The van der Waals surface area contributed by atoms with E-state index < -0.39 is 0 Å². The Hall–Kier alpha value is -1.22. The van der Waals surface area contributed by atoms with Gasteiger partial charge in [-0.3, -0.25) is 0 Å². The number of nitrogens with zero attached hydrogens (tertiary/aromatic N) is 1. The molecule has 112 valence electrons. The Labute approximate surface area is 123 Å². The van der Waals surface area contributed by atoms with E-state index in [9.17, 15) is 5.11 Å². The van der Waals surface area contributed by atoms with Crippen molar-refractivity contribution in [3.8, 4) is 5.75 Å². The molecule has 0 bridgehead atoms. The second kappa shape index (κ2) is 7.53. The molecule has 0 spiro atoms. The largest absolute Gasteiger partial charge is 0.508 e. The van der Waals surface area contributed by atoms with Gasteiger partial charge in [-0.25, -0.2) is 0 Å². The smallest absolute Gasteiger partial charge is 0.122 e. The summed E-state index contributed by atoms with van der Waals surface area (Å²) in [7, 11) is 0. The molecular weight excluding hydrogens is 248 g/mol. The van der Waals surface area contributed by atoms with Crippen molar-refractivity contribution in [2.45, 2.75) is 52.0 Å². The van der Waals surface area contributed by atoms with Crippen molar-refractivity contribution < 1.29 is 5.11 Å². The first-order valence-corrected chi connectivity index (χ1v) is 8.03. The quantitative estimate of drug-likeness (QED) is 0.877. The zero-order chi connectivity index (χ0) is 14.4. The van der Waals surface area contributed by atoms with Gasteiger partial charge in [0.1, 0.15) is 5.75 Å². The SMILES string of the molecule is CCNC(C)c1ccc(N2CCCCCCC2)cc1O. The van der Waals surface area contributed by atoms with Crippen LogP contribution in [0.2, 0.25) is 0 Å². The maximum absolute atomic E-state index is 10.3. The van der Waals surface area contributed by atoms with Crippen LogP contribution in [-0.4, -0.2) is 24.7 Å². The van der Waals surface area contributed by atoms with Crippen LogP contribution >= 0.6 is 0 Å². The predicted molar refractivity (Wildman–Crippen MR) is 85.5 cm³/mol. The standard InChI is InChI=1S/C17H28N2O/c1-3-18-14(2)16-10-9-15(13-17(16)20)19-11-7-5-4-6-8-12-19/h9-10,13-14,18,20H,3-8,11-12H2,1-2H3. The van der Waals surface area contributed by atoms with Crippen LogP contribution in [0.4, 0.5) is 5.69 Å². The molecule has 0 aliphatic carbocycles. The van der Waals surface area contributed by atoms with Gasteiger partial charge in [-0.2, -0.15) is 0 Å². The number of benzene rings is 1. The number of nitrogens with one attached hydrogen (secondary N) is 1. The molecule has 1 aliphatic heterocycles. The van der Waals surface area contributed by atoms with E-state index in [0.29, 0.717) is 5.75 Å². The first-order chi connectivity index (χ1) is 9.72. The highest BCUT2D eigenvalue weighted by Gasteiger charge is 2.13. The highest BCUT2D eigenvalue weighted by Crippen LogP contribution is 2.30. The molecule has 0 amide bonds. The number of anilines is 1. The lowest BCUT2D eigenvalue weighted by atomic mass is 10.0. The minimum absolute atomic E-state index is 0.196. The van der Waals surface area contributed by atoms with Gasteiger partial charge in [-0.1, -0.05) is 32.3 Å². The molecule has 1 atom stereocenters. The van der Waals surface area contributed by atoms with Gasteiger partial charge in [0.15, 0.2) is 0 Å². The number of rotatable bonds is 4. The average Bonchev–Trinajstić information content (AvgIpc) is 2.38. The van der Waals surface area contributed by atoms with Gasteiger partial charge in [-0.05, 0) is 32.4 Å². The lowest BCUT2D eigenvalue weighted by Gasteiger charge is -2.27. The zero-order valence-corrected chi connectivity index (χ0v) is 12.9. The second-order valence-electron chi connectivity index (χ2n) is 5.78. The van der Waals surface area contributed by atoms with Gasteiger partial charge in [0.2, 0.25) is 0 Å². The van der Waals surface area contributed by atoms with E-state index >= 15 is 0 Å². The maximum Gasteiger partial charge on any atom is 0.122 e. The molecule has 1 aromatic rings. The van der Waals surface area contributed by atoms with Crippen LogP contribution in [0, 0.1) is 0 Å². The second-order valence-corrected chi connectivity index (χ2v) is 5.78. The average molecular weight is 276 g/mol. The van der Waals surface area contributed by atoms with Crippen molar-refractivity contribution in [2.24, 2.45) is 0 Å². The summed E-state index contributed by atoms with van der Waals surface area (Å²) in [6.07, 6.45) is 6.56. The number of phenols is 1. The summed E-state index contributed by atoms with van der Waals surface area (Å²) in [6.45, 7) is 7.31. The number of hydrogen-bond donors (Lipinski definition) is 2. The van der Waals surface area contributed by atoms with E-state index in [-0.39, 0.29) is 6.04 Å². The minimum Gasteiger partial charge on any atom is -0.508 e. The number of aromatic hydroxyl groups is 1. The van der Waals surface area contributed by atoms with Crippen LogP contribution in [-0.2, 0) is 0 Å². The Morgan fingerprint density at radius 3 is 2.40 bits per heavy atom. The number of hydrogen-bond acceptors (Lipinski definition) is 3. The van der Waals surface area contributed by atoms with Crippen molar-refractivity contribution in [2.75, 3.05) is 24.5 Å². The third kappa shape index (κ3) is 3.89. The fourth-order valence-corrected chi connectivity index (χ4v) is 3.02. The molecule has 1 aromatic carbocycles. The van der Waals surface area contributed by atoms with E-state index in [0.717, 1.165) is 30.9 Å². The fraction of sp³-hybridized carbons (Fsp3) is 0.647. The van der Waals surface area contributed by atoms with Gasteiger partial charge >= 0.3 is 0 Å². The summed E-state index contributed by atoms with van der Waals surface area (Å²) in [5.74, 6) is 0.415. The van der Waals surface area contributed by atoms with Gasteiger partial charge in [-0.15, -0.1) is 0 Å². The highest BCUT2D eigenvalue weighted by atomic mass is 16.3. The zero-order valence-electron chi connectivity index (χ0n) is 12.9. The Kier molecular flexibility index (Phi) is 5.72. The van der Waals surface area contributed by atoms with Gasteiger partial charge in [0.25, 0.3) is 0 Å². The molecule has 0 radical (unpaired) electrons. The first-order valence-electron chi connectivity index (χ1n) is 8.03. The monoisotopic (exact) mass is 276 g/mol. The van der Waals surface area contributed by atoms with Crippen molar-refractivity contribution in [3.63, 3.8) is 0 Å². The van der Waals surface area contributed by atoms with Gasteiger partial charge in [0.05, 0.1) is 0 Å². The Morgan fingerprint density at radius 2 is 1.80 bits per heavy atom. The van der Waals surface area contributed by atoms with Crippen molar-refractivity contribution in [3.05, 3.63) is 23.8 Å². The van der Waals surface area contributed by atoms with Crippen LogP contribution in [0.5, 0.6) is 5.75 Å². The molecule has 2 rings (SSSR count). The molecule has 0 saturated carbocycles. The highest BCUT2D eigenvalue weighted by molar-refractivity contribution is 5.54. The molecular formula is C17H28N2O. The summed E-state index contributed by atoms with van der Waals surface area (Å²) >= 11 is 0. The van der Waals surface area contributed by atoms with Crippen molar-refractivity contribution in [1.29, 1.82) is 0 Å². The summed E-state index contributed by atoms with van der Waals surface area (Å²) in [5, 5.41) is 13.6. The lowest BCUT2D eigenvalue weighted by Crippen LogP contribution is -2.27. The molecule has 3 nitrogen and oxygen atoms in total. The van der Waals surface area contributed by atoms with Crippen LogP contribution in [0.1, 0.15) is 57.6 Å². The molecule has 1 fully saturated rings. The topological polar surface area (TPSA) is 35.5 Å². The van der Waals surface area contributed by atoms with E-state index in [4.69, 9.17) is 0 Å². The van der Waals surface area contributed by atoms with Crippen LogP contribution in [0.3, 0.4) is 0 Å². The van der Waals surface area contributed by atoms with E-state index in [1.165, 1.54) is 32.1 Å². The van der Waals surface area contributed by atoms with Gasteiger partial charge in [0, 0.05) is 36.4 Å². The summed E-state index contributed by atoms with van der Waals surface area (Å²) < 4.78 is 0. The number of phenolic OH excluding ortho intramolecular Hbond substituents is 1. The van der Waals surface area contributed by atoms with Crippen molar-refractivity contribution in [1.82, 2.24) is 5.32 Å². The third-order valence-electron chi connectivity index (χ3n) is 4.21. The van der Waals surface area contributed by atoms with Crippen molar-refractivity contribution >= 4 is 5.69 Å². The molecule has 20 heavy (non-hydrogen) atoms. The van der Waals surface area contributed by atoms with Crippen LogP contribution in [0.15, 0.2) is 18.2 Å². The Morgan fingerprint density at radius 1 is 1.15 bits per heavy atom. The normalized spacial score (nSPS) is 18.4. The molecule has 1 unspecified atom stereocenters. The maximum atomic E-state index is 10.3. The van der Waals surface area contributed by atoms with Crippen LogP contribution in [0.25, 0.3) is 0 Å². The first kappa shape index (κ1) is 15.2. The molecule has 0 aromatic heterocycles. The summed E-state index contributed by atoms with van der Waals surface area (Å²) in [4.78, 5) is 2.42. The molecule has 1 heterocycles. The van der Waals surface area contributed by atoms with Crippen LogP contribution < -0.4 is 10.2 Å². The summed E-state index contributed by atoms with van der Waals surface area (Å²) in [5.41, 5.74) is 2.15. The van der Waals surface area contributed by atoms with Gasteiger partial charge < -0.3 is 15.3 Å². The molecule has 1 saturated heterocycles. The summed E-state index contributed by atoms with van der Waals surface area (Å²) in [6, 6.07) is 6.35. The molecule has 2 N–H and O–H groups in total. The Balaban J connectivity index is 2.10. The molecule has 3 heteroatoms. The molecule has 1 aliphatic rings. The third-order valence-corrected chi connectivity index (χ3v) is 4.21. The van der Waals surface area contributed by atoms with E-state index in [2.05, 4.69) is 36.2 Å². The fourth-order valence-electron chi connectivity index (χ4n) is 3.02. The van der Waals surface area contributed by atoms with E-state index in [1.54, 1.807) is 0 Å². The van der Waals surface area contributed by atoms with E-state index in [1.807, 2.05) is 6.07 Å². The lowest BCUT2D eigenvalue weighted by molar-refractivity contribution is 0.454. The Bertz CT molecular complexity index is 411.